The van der Waals surface area contributed by atoms with Crippen LogP contribution in [0.2, 0.25) is 0 Å². The SMILES string of the molecule is O=C(CCl)Cc1ccc(Nc2c3ccccc3nc3ccccc23)cc1. The molecule has 0 aliphatic heterocycles. The van der Waals surface area contributed by atoms with E-state index in [2.05, 4.69) is 17.4 Å². The Balaban J connectivity index is 1.75. The molecule has 0 atom stereocenters. The van der Waals surface area contributed by atoms with Crippen molar-refractivity contribution in [1.29, 1.82) is 0 Å². The number of ketones is 1. The lowest BCUT2D eigenvalue weighted by atomic mass is 10.1. The lowest BCUT2D eigenvalue weighted by molar-refractivity contribution is -0.116. The second-order valence-corrected chi connectivity index (χ2v) is 6.46. The molecule has 0 saturated carbocycles. The van der Waals surface area contributed by atoms with E-state index in [-0.39, 0.29) is 11.7 Å². The van der Waals surface area contributed by atoms with Crippen molar-refractivity contribution in [2.75, 3.05) is 11.2 Å². The van der Waals surface area contributed by atoms with Crippen LogP contribution in [0.1, 0.15) is 5.56 Å². The zero-order valence-corrected chi connectivity index (χ0v) is 14.8. The van der Waals surface area contributed by atoms with E-state index < -0.39 is 0 Å². The number of nitrogens with zero attached hydrogens (tertiary/aromatic N) is 1. The smallest absolute Gasteiger partial charge is 0.151 e. The lowest BCUT2D eigenvalue weighted by Crippen LogP contribution is -2.03. The normalized spacial score (nSPS) is 11.0. The van der Waals surface area contributed by atoms with Crippen LogP contribution in [0.4, 0.5) is 11.4 Å². The molecule has 0 aliphatic rings. The molecular weight excluding hydrogens is 344 g/mol. The number of para-hydroxylation sites is 2. The summed E-state index contributed by atoms with van der Waals surface area (Å²) in [6.07, 6.45) is 0.366. The lowest BCUT2D eigenvalue weighted by Gasteiger charge is -2.13. The molecule has 128 valence electrons. The number of carbonyl (C=O) groups excluding carboxylic acids is 1. The van der Waals surface area contributed by atoms with Gasteiger partial charge in [-0.25, -0.2) is 4.98 Å². The number of halogens is 1. The summed E-state index contributed by atoms with van der Waals surface area (Å²) in [5.41, 5.74) is 4.88. The highest BCUT2D eigenvalue weighted by Gasteiger charge is 2.09. The van der Waals surface area contributed by atoms with Crippen LogP contribution in [0.15, 0.2) is 72.8 Å². The zero-order valence-electron chi connectivity index (χ0n) is 14.1. The molecule has 0 radical (unpaired) electrons. The van der Waals surface area contributed by atoms with Gasteiger partial charge in [-0.3, -0.25) is 4.79 Å². The van der Waals surface area contributed by atoms with E-state index in [1.165, 1.54) is 0 Å². The van der Waals surface area contributed by atoms with Crippen molar-refractivity contribution in [3.8, 4) is 0 Å². The first-order valence-corrected chi connectivity index (χ1v) is 8.99. The van der Waals surface area contributed by atoms with E-state index in [4.69, 9.17) is 16.6 Å². The molecule has 0 bridgehead atoms. The summed E-state index contributed by atoms with van der Waals surface area (Å²) >= 11 is 5.58. The Kier molecular flexibility index (Phi) is 4.55. The summed E-state index contributed by atoms with van der Waals surface area (Å²) in [7, 11) is 0. The summed E-state index contributed by atoms with van der Waals surface area (Å²) in [6.45, 7) is 0. The highest BCUT2D eigenvalue weighted by molar-refractivity contribution is 6.27. The van der Waals surface area contributed by atoms with E-state index in [1.54, 1.807) is 0 Å². The molecule has 0 spiro atoms. The van der Waals surface area contributed by atoms with Crippen molar-refractivity contribution in [2.45, 2.75) is 6.42 Å². The number of rotatable bonds is 5. The highest BCUT2D eigenvalue weighted by Crippen LogP contribution is 2.32. The molecule has 0 unspecified atom stereocenters. The standard InChI is InChI=1S/C22H17ClN2O/c23-14-17(26)13-15-9-11-16(12-10-15)24-22-18-5-1-3-7-20(18)25-21-8-4-2-6-19(21)22/h1-12H,13-14H2,(H,24,25). The number of aromatic nitrogens is 1. The van der Waals surface area contributed by atoms with E-state index >= 15 is 0 Å². The van der Waals surface area contributed by atoms with Gasteiger partial charge in [0.15, 0.2) is 5.78 Å². The number of benzene rings is 3. The molecule has 4 aromatic rings. The average molecular weight is 361 g/mol. The average Bonchev–Trinajstić information content (AvgIpc) is 2.69. The third-order valence-corrected chi connectivity index (χ3v) is 4.66. The second kappa shape index (κ2) is 7.14. The predicted molar refractivity (Wildman–Crippen MR) is 108 cm³/mol. The Morgan fingerprint density at radius 3 is 2.00 bits per heavy atom. The summed E-state index contributed by atoms with van der Waals surface area (Å²) in [6, 6.07) is 24.1. The number of anilines is 2. The van der Waals surface area contributed by atoms with E-state index in [0.29, 0.717) is 6.42 Å². The van der Waals surface area contributed by atoms with Crippen molar-refractivity contribution in [1.82, 2.24) is 4.98 Å². The van der Waals surface area contributed by atoms with Crippen LogP contribution < -0.4 is 5.32 Å². The van der Waals surface area contributed by atoms with Gasteiger partial charge >= 0.3 is 0 Å². The van der Waals surface area contributed by atoms with Gasteiger partial charge in [0.25, 0.3) is 0 Å². The van der Waals surface area contributed by atoms with Gasteiger partial charge < -0.3 is 5.32 Å². The molecule has 26 heavy (non-hydrogen) atoms. The Morgan fingerprint density at radius 2 is 1.42 bits per heavy atom. The van der Waals surface area contributed by atoms with Crippen molar-refractivity contribution in [2.24, 2.45) is 0 Å². The fourth-order valence-corrected chi connectivity index (χ4v) is 3.19. The topological polar surface area (TPSA) is 42.0 Å². The number of Topliss-reactive ketones (excluding diaryl/α,β-unsaturated/α-hetero) is 1. The Hall–Kier alpha value is -2.91. The van der Waals surface area contributed by atoms with Gasteiger partial charge in [-0.1, -0.05) is 48.5 Å². The maximum atomic E-state index is 11.5. The summed E-state index contributed by atoms with van der Waals surface area (Å²) in [5, 5.41) is 5.69. The summed E-state index contributed by atoms with van der Waals surface area (Å²) in [5.74, 6) is 0.0770. The minimum atomic E-state index is 0.0264. The fourth-order valence-electron chi connectivity index (χ4n) is 3.10. The minimum Gasteiger partial charge on any atom is -0.354 e. The van der Waals surface area contributed by atoms with Gasteiger partial charge in [-0.15, -0.1) is 11.6 Å². The Bertz CT molecular complexity index is 1040. The maximum absolute atomic E-state index is 11.5. The third-order valence-electron chi connectivity index (χ3n) is 4.36. The van der Waals surface area contributed by atoms with Crippen LogP contribution in [0, 0.1) is 0 Å². The van der Waals surface area contributed by atoms with Gasteiger partial charge in [0.05, 0.1) is 22.6 Å². The first-order valence-electron chi connectivity index (χ1n) is 8.46. The molecular formula is C22H17ClN2O. The number of nitrogens with one attached hydrogen (secondary N) is 1. The van der Waals surface area contributed by atoms with Crippen LogP contribution >= 0.6 is 11.6 Å². The van der Waals surface area contributed by atoms with Gasteiger partial charge in [0.1, 0.15) is 0 Å². The van der Waals surface area contributed by atoms with Gasteiger partial charge in [0, 0.05) is 22.9 Å². The van der Waals surface area contributed by atoms with Crippen LogP contribution in [-0.4, -0.2) is 16.6 Å². The fraction of sp³-hybridized carbons (Fsp3) is 0.0909. The number of fused-ring (bicyclic) bond motifs is 2. The largest absolute Gasteiger partial charge is 0.354 e. The van der Waals surface area contributed by atoms with Crippen LogP contribution in [0.3, 0.4) is 0 Å². The molecule has 0 amide bonds. The molecule has 4 rings (SSSR count). The predicted octanol–water partition coefficient (Wildman–Crippen LogP) is 5.48. The number of alkyl halides is 1. The third kappa shape index (κ3) is 3.26. The maximum Gasteiger partial charge on any atom is 0.151 e. The Morgan fingerprint density at radius 1 is 0.846 bits per heavy atom. The van der Waals surface area contributed by atoms with E-state index in [0.717, 1.165) is 38.7 Å². The number of carbonyl (C=O) groups is 1. The molecule has 1 aromatic heterocycles. The number of hydrogen-bond acceptors (Lipinski definition) is 3. The molecule has 0 fully saturated rings. The van der Waals surface area contributed by atoms with E-state index in [1.807, 2.05) is 60.7 Å². The van der Waals surface area contributed by atoms with Gasteiger partial charge in [-0.2, -0.15) is 0 Å². The molecule has 3 aromatic carbocycles. The first kappa shape index (κ1) is 16.6. The van der Waals surface area contributed by atoms with Gasteiger partial charge in [-0.05, 0) is 29.8 Å². The number of hydrogen-bond donors (Lipinski definition) is 1. The minimum absolute atomic E-state index is 0.0264. The van der Waals surface area contributed by atoms with Crippen molar-refractivity contribution >= 4 is 50.6 Å². The van der Waals surface area contributed by atoms with Crippen LogP contribution in [0.25, 0.3) is 21.8 Å². The van der Waals surface area contributed by atoms with Gasteiger partial charge in [0.2, 0.25) is 0 Å². The molecule has 1 N–H and O–H groups in total. The highest BCUT2D eigenvalue weighted by atomic mass is 35.5. The van der Waals surface area contributed by atoms with Crippen LogP contribution in [-0.2, 0) is 11.2 Å². The monoisotopic (exact) mass is 360 g/mol. The van der Waals surface area contributed by atoms with Crippen molar-refractivity contribution in [3.05, 3.63) is 78.4 Å². The van der Waals surface area contributed by atoms with Crippen LogP contribution in [0.5, 0.6) is 0 Å². The Labute approximate surface area is 156 Å². The number of pyridine rings is 1. The van der Waals surface area contributed by atoms with Crippen molar-refractivity contribution < 1.29 is 4.79 Å². The molecule has 3 nitrogen and oxygen atoms in total. The zero-order chi connectivity index (χ0) is 17.9. The van der Waals surface area contributed by atoms with Crippen molar-refractivity contribution in [3.63, 3.8) is 0 Å². The van der Waals surface area contributed by atoms with E-state index in [9.17, 15) is 4.79 Å². The summed E-state index contributed by atoms with van der Waals surface area (Å²) in [4.78, 5) is 16.2. The summed E-state index contributed by atoms with van der Waals surface area (Å²) < 4.78 is 0. The molecule has 0 saturated heterocycles. The molecule has 0 aliphatic carbocycles. The quantitative estimate of drug-likeness (QED) is 0.378. The second-order valence-electron chi connectivity index (χ2n) is 6.19. The molecule has 1 heterocycles. The molecule has 4 heteroatoms. The first-order chi connectivity index (χ1) is 12.7.